The zero-order chi connectivity index (χ0) is 23.1. The molecule has 33 heavy (non-hydrogen) atoms. The van der Waals surface area contributed by atoms with Crippen LogP contribution in [0.25, 0.3) is 0 Å². The smallest absolute Gasteiger partial charge is 0.234 e. The van der Waals surface area contributed by atoms with Gasteiger partial charge < -0.3 is 20.5 Å². The summed E-state index contributed by atoms with van der Waals surface area (Å²) < 4.78 is 5.55. The van der Waals surface area contributed by atoms with Crippen molar-refractivity contribution in [3.63, 3.8) is 0 Å². The van der Waals surface area contributed by atoms with E-state index in [1.807, 2.05) is 0 Å². The molecule has 4 rings (SSSR count). The molecule has 3 fully saturated rings. The first-order valence-electron chi connectivity index (χ1n) is 12.5. The lowest BCUT2D eigenvalue weighted by molar-refractivity contribution is -0.124. The third-order valence-electron chi connectivity index (χ3n) is 7.57. The van der Waals surface area contributed by atoms with Crippen molar-refractivity contribution in [1.82, 2.24) is 15.1 Å². The van der Waals surface area contributed by atoms with Crippen LogP contribution in [0.3, 0.4) is 0 Å². The minimum atomic E-state index is -0.101. The number of morpholine rings is 1. The maximum absolute atomic E-state index is 12.8. The number of carbonyl (C=O) groups excluding carboxylic acids is 2. The van der Waals surface area contributed by atoms with Crippen molar-refractivity contribution in [1.29, 1.82) is 0 Å². The molecule has 0 unspecified atom stereocenters. The Morgan fingerprint density at radius 3 is 2.42 bits per heavy atom. The SMILES string of the molecule is O=C(CN1CCC(C(=O)Nc2ccccc2O)CC1)NCC1(N2CCOCC2)CCCCC1. The number of phenolic OH excluding ortho intramolecular Hbond substituents is 1. The molecule has 1 aromatic rings. The van der Waals surface area contributed by atoms with Crippen LogP contribution >= 0.6 is 0 Å². The number of para-hydroxylation sites is 2. The Morgan fingerprint density at radius 2 is 1.73 bits per heavy atom. The van der Waals surface area contributed by atoms with Crippen LogP contribution in [0.4, 0.5) is 5.69 Å². The van der Waals surface area contributed by atoms with E-state index in [0.29, 0.717) is 31.6 Å². The van der Waals surface area contributed by atoms with Gasteiger partial charge >= 0.3 is 0 Å². The van der Waals surface area contributed by atoms with Crippen LogP contribution in [0.2, 0.25) is 0 Å². The Kier molecular flexibility index (Phi) is 8.22. The van der Waals surface area contributed by atoms with Crippen LogP contribution in [0, 0.1) is 5.92 Å². The van der Waals surface area contributed by atoms with Crippen molar-refractivity contribution < 1.29 is 19.4 Å². The molecule has 8 heteroatoms. The third kappa shape index (κ3) is 6.25. The van der Waals surface area contributed by atoms with Gasteiger partial charge in [0.15, 0.2) is 0 Å². The molecule has 1 aliphatic carbocycles. The number of rotatable bonds is 7. The van der Waals surface area contributed by atoms with Crippen LogP contribution in [0.1, 0.15) is 44.9 Å². The molecule has 0 bridgehead atoms. The predicted octanol–water partition coefficient (Wildman–Crippen LogP) is 2.19. The molecule has 2 saturated heterocycles. The summed E-state index contributed by atoms with van der Waals surface area (Å²) in [4.78, 5) is 30.0. The predicted molar refractivity (Wildman–Crippen MR) is 127 cm³/mol. The highest BCUT2D eigenvalue weighted by atomic mass is 16.5. The topological polar surface area (TPSA) is 94.1 Å². The molecule has 0 spiro atoms. The number of piperidine rings is 1. The van der Waals surface area contributed by atoms with Gasteiger partial charge in [0.1, 0.15) is 5.75 Å². The highest BCUT2D eigenvalue weighted by molar-refractivity contribution is 5.93. The van der Waals surface area contributed by atoms with Crippen LogP contribution in [0.15, 0.2) is 24.3 Å². The monoisotopic (exact) mass is 458 g/mol. The quantitative estimate of drug-likeness (QED) is 0.543. The van der Waals surface area contributed by atoms with E-state index in [4.69, 9.17) is 4.74 Å². The molecule has 2 amide bonds. The minimum Gasteiger partial charge on any atom is -0.506 e. The van der Waals surface area contributed by atoms with E-state index in [-0.39, 0.29) is 29.0 Å². The zero-order valence-corrected chi connectivity index (χ0v) is 19.6. The molecule has 8 nitrogen and oxygen atoms in total. The number of benzene rings is 1. The van der Waals surface area contributed by atoms with Crippen LogP contribution in [-0.2, 0) is 14.3 Å². The van der Waals surface area contributed by atoms with Gasteiger partial charge in [-0.1, -0.05) is 31.4 Å². The third-order valence-corrected chi connectivity index (χ3v) is 7.57. The number of likely N-dealkylation sites (tertiary alicyclic amines) is 1. The summed E-state index contributed by atoms with van der Waals surface area (Å²) in [6, 6.07) is 6.77. The first-order valence-corrected chi connectivity index (χ1v) is 12.5. The second-order valence-electron chi connectivity index (χ2n) is 9.72. The Labute approximate surface area is 196 Å². The highest BCUT2D eigenvalue weighted by Crippen LogP contribution is 2.34. The minimum absolute atomic E-state index is 0.0645. The van der Waals surface area contributed by atoms with Crippen molar-refractivity contribution in [2.24, 2.45) is 5.92 Å². The van der Waals surface area contributed by atoms with E-state index in [1.54, 1.807) is 24.3 Å². The molecule has 0 atom stereocenters. The number of aromatic hydroxyl groups is 1. The zero-order valence-electron chi connectivity index (χ0n) is 19.6. The summed E-state index contributed by atoms with van der Waals surface area (Å²) in [6.07, 6.45) is 7.45. The Bertz CT molecular complexity index is 797. The van der Waals surface area contributed by atoms with Gasteiger partial charge in [-0.3, -0.25) is 19.4 Å². The summed E-state index contributed by atoms with van der Waals surface area (Å²) in [7, 11) is 0. The summed E-state index contributed by atoms with van der Waals surface area (Å²) in [5.41, 5.74) is 0.521. The van der Waals surface area contributed by atoms with E-state index in [0.717, 1.165) is 52.2 Å². The molecule has 0 aromatic heterocycles. The van der Waals surface area contributed by atoms with Crippen molar-refractivity contribution in [2.45, 2.75) is 50.5 Å². The molecule has 2 aliphatic heterocycles. The molecule has 182 valence electrons. The van der Waals surface area contributed by atoms with Crippen molar-refractivity contribution >= 4 is 17.5 Å². The maximum Gasteiger partial charge on any atom is 0.234 e. The number of nitrogens with zero attached hydrogens (tertiary/aromatic N) is 2. The van der Waals surface area contributed by atoms with Crippen LogP contribution < -0.4 is 10.6 Å². The fourth-order valence-corrected chi connectivity index (χ4v) is 5.54. The number of anilines is 1. The summed E-state index contributed by atoms with van der Waals surface area (Å²) in [6.45, 7) is 6.00. The number of amides is 2. The fourth-order valence-electron chi connectivity index (χ4n) is 5.54. The van der Waals surface area contributed by atoms with Crippen molar-refractivity contribution in [3.8, 4) is 5.75 Å². The van der Waals surface area contributed by atoms with Gasteiger partial charge in [-0.2, -0.15) is 0 Å². The van der Waals surface area contributed by atoms with Gasteiger partial charge in [0.05, 0.1) is 25.4 Å². The number of ether oxygens (including phenoxy) is 1. The maximum atomic E-state index is 12.8. The van der Waals surface area contributed by atoms with E-state index in [1.165, 1.54) is 19.3 Å². The van der Waals surface area contributed by atoms with Gasteiger partial charge in [0, 0.05) is 31.1 Å². The molecule has 1 aromatic carbocycles. The first kappa shape index (κ1) is 24.0. The Balaban J connectivity index is 1.22. The van der Waals surface area contributed by atoms with Crippen LogP contribution in [-0.4, -0.2) is 84.7 Å². The van der Waals surface area contributed by atoms with Crippen LogP contribution in [0.5, 0.6) is 5.75 Å². The van der Waals surface area contributed by atoms with Gasteiger partial charge in [0.25, 0.3) is 0 Å². The number of nitrogens with one attached hydrogen (secondary N) is 2. The second kappa shape index (κ2) is 11.3. The lowest BCUT2D eigenvalue weighted by Crippen LogP contribution is -2.60. The van der Waals surface area contributed by atoms with E-state index < -0.39 is 0 Å². The number of hydrogen-bond acceptors (Lipinski definition) is 6. The molecule has 3 N–H and O–H groups in total. The number of hydrogen-bond donors (Lipinski definition) is 3. The standard InChI is InChI=1S/C25H38N4O4/c30-22-7-3-2-6-21(22)27-24(32)20-8-12-28(13-9-20)18-23(31)26-19-25(10-4-1-5-11-25)29-14-16-33-17-15-29/h2-3,6-7,20,30H,1,4-5,8-19H2,(H,26,31)(H,27,32). The molecular formula is C25H38N4O4. The van der Waals surface area contributed by atoms with E-state index in [2.05, 4.69) is 20.4 Å². The van der Waals surface area contributed by atoms with E-state index in [9.17, 15) is 14.7 Å². The summed E-state index contributed by atoms with van der Waals surface area (Å²) >= 11 is 0. The number of carbonyl (C=O) groups is 2. The van der Waals surface area contributed by atoms with Gasteiger partial charge in [0.2, 0.25) is 11.8 Å². The normalized spacial score (nSPS) is 22.5. The van der Waals surface area contributed by atoms with E-state index >= 15 is 0 Å². The van der Waals surface area contributed by atoms with Gasteiger partial charge in [-0.15, -0.1) is 0 Å². The lowest BCUT2D eigenvalue weighted by atomic mass is 9.79. The summed E-state index contributed by atoms with van der Waals surface area (Å²) in [5, 5.41) is 15.9. The fraction of sp³-hybridized carbons (Fsp3) is 0.680. The Morgan fingerprint density at radius 1 is 1.03 bits per heavy atom. The van der Waals surface area contributed by atoms with Crippen molar-refractivity contribution in [3.05, 3.63) is 24.3 Å². The van der Waals surface area contributed by atoms with Gasteiger partial charge in [-0.25, -0.2) is 0 Å². The molecule has 3 aliphatic rings. The lowest BCUT2D eigenvalue weighted by Gasteiger charge is -2.48. The first-order chi connectivity index (χ1) is 16.1. The average molecular weight is 459 g/mol. The molecular weight excluding hydrogens is 420 g/mol. The molecule has 0 radical (unpaired) electrons. The molecule has 1 saturated carbocycles. The second-order valence-corrected chi connectivity index (χ2v) is 9.72. The molecule has 2 heterocycles. The number of phenols is 1. The summed E-state index contributed by atoms with van der Waals surface area (Å²) in [5.74, 6) is -0.0146. The van der Waals surface area contributed by atoms with Crippen molar-refractivity contribution in [2.75, 3.05) is 57.8 Å². The highest BCUT2D eigenvalue weighted by Gasteiger charge is 2.39. The Hall–Kier alpha value is -2.16. The van der Waals surface area contributed by atoms with Gasteiger partial charge in [-0.05, 0) is 50.9 Å². The average Bonchev–Trinajstić information content (AvgIpc) is 2.86. The largest absolute Gasteiger partial charge is 0.506 e.